The van der Waals surface area contributed by atoms with Crippen molar-refractivity contribution < 1.29 is 18.1 Å². The molecule has 1 aromatic carbocycles. The van der Waals surface area contributed by atoms with Crippen molar-refractivity contribution in [2.45, 2.75) is 0 Å². The highest BCUT2D eigenvalue weighted by Crippen LogP contribution is 2.30. The highest BCUT2D eigenvalue weighted by molar-refractivity contribution is 9.10. The van der Waals surface area contributed by atoms with Crippen molar-refractivity contribution in [1.29, 1.82) is 0 Å². The third-order valence-corrected chi connectivity index (χ3v) is 2.71. The summed E-state index contributed by atoms with van der Waals surface area (Å²) in [5, 5.41) is 13.0. The number of hydrogen-bond donors (Lipinski definition) is 1. The molecule has 0 unspecified atom stereocenters. The lowest BCUT2D eigenvalue weighted by Gasteiger charge is -2.08. The lowest BCUT2D eigenvalue weighted by molar-refractivity contribution is -0.384. The minimum absolute atomic E-state index is 0.331. The first-order valence-electron chi connectivity index (χ1n) is 5.10. The Hall–Kier alpha value is -2.16. The van der Waals surface area contributed by atoms with Crippen LogP contribution in [-0.4, -0.2) is 9.91 Å². The molecule has 0 bridgehead atoms. The molecule has 0 fully saturated rings. The van der Waals surface area contributed by atoms with Crippen LogP contribution >= 0.6 is 15.9 Å². The summed E-state index contributed by atoms with van der Waals surface area (Å²) < 4.78 is 39.9. The van der Waals surface area contributed by atoms with Crippen LogP contribution < -0.4 is 5.32 Å². The fourth-order valence-electron chi connectivity index (χ4n) is 1.44. The number of rotatable bonds is 3. The summed E-state index contributed by atoms with van der Waals surface area (Å²) in [6, 6.07) is 2.17. The molecule has 0 saturated carbocycles. The Bertz CT molecular complexity index is 697. The molecule has 0 saturated heterocycles. The average molecular weight is 348 g/mol. The number of nitro groups is 1. The second-order valence-corrected chi connectivity index (χ2v) is 4.57. The molecule has 1 aromatic heterocycles. The fourth-order valence-corrected chi connectivity index (χ4v) is 1.76. The van der Waals surface area contributed by atoms with Crippen LogP contribution in [0.25, 0.3) is 0 Å². The summed E-state index contributed by atoms with van der Waals surface area (Å²) in [5.41, 5.74) is -1.05. The highest BCUT2D eigenvalue weighted by atomic mass is 79.9. The Labute approximate surface area is 118 Å². The number of pyridine rings is 1. The quantitative estimate of drug-likeness (QED) is 0.519. The van der Waals surface area contributed by atoms with E-state index in [0.29, 0.717) is 16.6 Å². The largest absolute Gasteiger partial charge is 0.332 e. The second-order valence-electron chi connectivity index (χ2n) is 3.65. The summed E-state index contributed by atoms with van der Waals surface area (Å²) in [5.74, 6) is -4.12. The Morgan fingerprint density at radius 2 is 1.95 bits per heavy atom. The molecule has 0 spiro atoms. The molecule has 1 heterocycles. The standard InChI is InChI=1S/C11H5BrF3N3O2/c12-5-1-9(18(19)20)11(16-4-5)17-8-3-6(13)2-7(14)10(8)15/h1-4H,(H,16,17). The molecule has 20 heavy (non-hydrogen) atoms. The number of aromatic nitrogens is 1. The number of benzene rings is 1. The van der Waals surface area contributed by atoms with E-state index < -0.39 is 33.7 Å². The number of nitrogens with one attached hydrogen (secondary N) is 1. The third-order valence-electron chi connectivity index (χ3n) is 2.28. The Morgan fingerprint density at radius 1 is 1.25 bits per heavy atom. The van der Waals surface area contributed by atoms with E-state index in [1.807, 2.05) is 0 Å². The van der Waals surface area contributed by atoms with Crippen LogP contribution in [-0.2, 0) is 0 Å². The number of hydrogen-bond acceptors (Lipinski definition) is 4. The minimum atomic E-state index is -1.41. The zero-order valence-corrected chi connectivity index (χ0v) is 11.1. The van der Waals surface area contributed by atoms with Gasteiger partial charge in [0.15, 0.2) is 11.6 Å². The molecular weight excluding hydrogens is 343 g/mol. The smallest absolute Gasteiger partial charge is 0.312 e. The van der Waals surface area contributed by atoms with Crippen LogP contribution in [0.2, 0.25) is 0 Å². The van der Waals surface area contributed by atoms with Crippen molar-refractivity contribution in [1.82, 2.24) is 4.98 Å². The van der Waals surface area contributed by atoms with Crippen LogP contribution in [0.3, 0.4) is 0 Å². The lowest BCUT2D eigenvalue weighted by Crippen LogP contribution is -2.03. The summed E-state index contributed by atoms with van der Waals surface area (Å²) in [6.45, 7) is 0. The maximum Gasteiger partial charge on any atom is 0.312 e. The van der Waals surface area contributed by atoms with E-state index in [0.717, 1.165) is 6.07 Å². The Morgan fingerprint density at radius 3 is 2.60 bits per heavy atom. The molecule has 2 aromatic rings. The van der Waals surface area contributed by atoms with Crippen molar-refractivity contribution in [2.75, 3.05) is 5.32 Å². The van der Waals surface area contributed by atoms with Crippen molar-refractivity contribution in [3.05, 3.63) is 56.4 Å². The van der Waals surface area contributed by atoms with E-state index in [1.54, 1.807) is 0 Å². The van der Waals surface area contributed by atoms with Gasteiger partial charge in [0.1, 0.15) is 5.82 Å². The van der Waals surface area contributed by atoms with E-state index in [1.165, 1.54) is 6.20 Å². The van der Waals surface area contributed by atoms with Crippen LogP contribution in [0.1, 0.15) is 0 Å². The predicted molar refractivity (Wildman–Crippen MR) is 68.2 cm³/mol. The van der Waals surface area contributed by atoms with Crippen molar-refractivity contribution in [3.63, 3.8) is 0 Å². The van der Waals surface area contributed by atoms with Gasteiger partial charge in [0, 0.05) is 28.9 Å². The molecule has 0 amide bonds. The van der Waals surface area contributed by atoms with Gasteiger partial charge in [0.25, 0.3) is 0 Å². The van der Waals surface area contributed by atoms with Gasteiger partial charge in [-0.2, -0.15) is 0 Å². The van der Waals surface area contributed by atoms with Crippen LogP contribution in [0.5, 0.6) is 0 Å². The van der Waals surface area contributed by atoms with Crippen molar-refractivity contribution in [2.24, 2.45) is 0 Å². The molecule has 104 valence electrons. The molecule has 0 aliphatic heterocycles. The molecule has 5 nitrogen and oxygen atoms in total. The molecule has 0 aliphatic carbocycles. The van der Waals surface area contributed by atoms with Gasteiger partial charge in [-0.3, -0.25) is 10.1 Å². The van der Waals surface area contributed by atoms with E-state index in [-0.39, 0.29) is 5.82 Å². The number of anilines is 2. The third kappa shape index (κ3) is 2.87. The van der Waals surface area contributed by atoms with Crippen LogP contribution in [0.15, 0.2) is 28.9 Å². The molecular formula is C11H5BrF3N3O2. The molecule has 9 heteroatoms. The van der Waals surface area contributed by atoms with Gasteiger partial charge in [-0.15, -0.1) is 0 Å². The highest BCUT2D eigenvalue weighted by Gasteiger charge is 2.19. The maximum absolute atomic E-state index is 13.5. The molecule has 0 atom stereocenters. The summed E-state index contributed by atoms with van der Waals surface area (Å²) in [7, 11) is 0. The predicted octanol–water partition coefficient (Wildman–Crippen LogP) is 3.91. The van der Waals surface area contributed by atoms with E-state index >= 15 is 0 Å². The first kappa shape index (κ1) is 14.3. The van der Waals surface area contributed by atoms with Crippen LogP contribution in [0.4, 0.5) is 30.4 Å². The van der Waals surface area contributed by atoms with Crippen molar-refractivity contribution >= 4 is 33.1 Å². The maximum atomic E-state index is 13.5. The normalized spacial score (nSPS) is 10.4. The van der Waals surface area contributed by atoms with Gasteiger partial charge in [-0.1, -0.05) is 0 Å². The molecule has 2 rings (SSSR count). The van der Waals surface area contributed by atoms with Gasteiger partial charge < -0.3 is 5.32 Å². The zero-order valence-electron chi connectivity index (χ0n) is 9.53. The van der Waals surface area contributed by atoms with Crippen LogP contribution in [0, 0.1) is 27.6 Å². The average Bonchev–Trinajstić information content (AvgIpc) is 2.37. The van der Waals surface area contributed by atoms with Gasteiger partial charge >= 0.3 is 5.69 Å². The minimum Gasteiger partial charge on any atom is -0.332 e. The number of halogens is 4. The Kier molecular flexibility index (Phi) is 3.89. The molecule has 1 N–H and O–H groups in total. The van der Waals surface area contributed by atoms with Crippen molar-refractivity contribution in [3.8, 4) is 0 Å². The first-order valence-corrected chi connectivity index (χ1v) is 5.89. The van der Waals surface area contributed by atoms with E-state index in [9.17, 15) is 23.3 Å². The summed E-state index contributed by atoms with van der Waals surface area (Å²) in [4.78, 5) is 13.8. The summed E-state index contributed by atoms with van der Waals surface area (Å²) in [6.07, 6.45) is 1.23. The van der Waals surface area contributed by atoms with Gasteiger partial charge in [-0.25, -0.2) is 18.2 Å². The van der Waals surface area contributed by atoms with E-state index in [4.69, 9.17) is 0 Å². The monoisotopic (exact) mass is 347 g/mol. The number of nitrogens with zero attached hydrogens (tertiary/aromatic N) is 2. The zero-order chi connectivity index (χ0) is 14.9. The lowest BCUT2D eigenvalue weighted by atomic mass is 10.2. The van der Waals surface area contributed by atoms with E-state index in [2.05, 4.69) is 26.2 Å². The molecule has 0 aliphatic rings. The second kappa shape index (κ2) is 5.45. The topological polar surface area (TPSA) is 68.1 Å². The fraction of sp³-hybridized carbons (Fsp3) is 0. The van der Waals surface area contributed by atoms with Gasteiger partial charge in [-0.05, 0) is 15.9 Å². The summed E-state index contributed by atoms with van der Waals surface area (Å²) >= 11 is 3.00. The Balaban J connectivity index is 2.48. The molecule has 0 radical (unpaired) electrons. The SMILES string of the molecule is O=[N+]([O-])c1cc(Br)cnc1Nc1cc(F)cc(F)c1F. The first-order chi connectivity index (χ1) is 9.38. The van der Waals surface area contributed by atoms with Gasteiger partial charge in [0.2, 0.25) is 5.82 Å². The van der Waals surface area contributed by atoms with Gasteiger partial charge in [0.05, 0.1) is 10.6 Å².